The Morgan fingerprint density at radius 3 is 2.86 bits per heavy atom. The monoisotopic (exact) mass is 306 g/mol. The molecule has 21 heavy (non-hydrogen) atoms. The summed E-state index contributed by atoms with van der Waals surface area (Å²) in [6.45, 7) is 4.92. The molecule has 0 aliphatic rings. The average Bonchev–Trinajstić information content (AvgIpc) is 2.75. The molecule has 0 saturated carbocycles. The molecule has 0 aliphatic heterocycles. The Balaban J connectivity index is 2.16. The number of thiophene rings is 1. The molecule has 0 radical (unpaired) electrons. The summed E-state index contributed by atoms with van der Waals surface area (Å²) < 4.78 is 0. The van der Waals surface area contributed by atoms with E-state index >= 15 is 0 Å². The van der Waals surface area contributed by atoms with Crippen molar-refractivity contribution in [2.75, 3.05) is 26.4 Å². The molecule has 0 fully saturated rings. The van der Waals surface area contributed by atoms with Crippen LogP contribution >= 0.6 is 11.3 Å². The zero-order valence-corrected chi connectivity index (χ0v) is 13.8. The first-order valence-corrected chi connectivity index (χ1v) is 7.81. The molecule has 0 aliphatic carbocycles. The lowest BCUT2D eigenvalue weighted by atomic mass is 10.1. The molecule has 0 bridgehead atoms. The molecule has 1 atom stereocenters. The van der Waals surface area contributed by atoms with Gasteiger partial charge in [-0.05, 0) is 52.5 Å². The highest BCUT2D eigenvalue weighted by molar-refractivity contribution is 7.21. The van der Waals surface area contributed by atoms with Crippen LogP contribution in [0.3, 0.4) is 0 Å². The summed E-state index contributed by atoms with van der Waals surface area (Å²) in [4.78, 5) is 20.2. The van der Waals surface area contributed by atoms with Crippen molar-refractivity contribution in [1.82, 2.24) is 15.2 Å². The van der Waals surface area contributed by atoms with E-state index in [9.17, 15) is 4.79 Å². The minimum Gasteiger partial charge on any atom is -0.397 e. The largest absolute Gasteiger partial charge is 0.397 e. The molecule has 6 heteroatoms. The van der Waals surface area contributed by atoms with Crippen LogP contribution in [0.15, 0.2) is 12.3 Å². The van der Waals surface area contributed by atoms with E-state index in [1.165, 1.54) is 11.3 Å². The quantitative estimate of drug-likeness (QED) is 0.889. The first-order valence-electron chi connectivity index (χ1n) is 6.99. The minimum atomic E-state index is -0.110. The van der Waals surface area contributed by atoms with E-state index in [1.807, 2.05) is 34.0 Å². The van der Waals surface area contributed by atoms with Crippen LogP contribution in [0.2, 0.25) is 0 Å². The van der Waals surface area contributed by atoms with Gasteiger partial charge in [-0.1, -0.05) is 0 Å². The van der Waals surface area contributed by atoms with Crippen LogP contribution in [-0.2, 0) is 0 Å². The number of amides is 1. The van der Waals surface area contributed by atoms with E-state index in [-0.39, 0.29) is 11.9 Å². The highest BCUT2D eigenvalue weighted by Gasteiger charge is 2.19. The standard InChI is InChI=1S/C15H22N4OS/c1-9-5-7-17-15-11(9)12(16)13(21-15)14(20)18-10(2)6-8-19(3)4/h5,7,10H,6,8,16H2,1-4H3,(H,18,20). The van der Waals surface area contributed by atoms with Gasteiger partial charge in [0.2, 0.25) is 0 Å². The zero-order chi connectivity index (χ0) is 15.6. The molecular formula is C15H22N4OS. The molecule has 5 nitrogen and oxygen atoms in total. The lowest BCUT2D eigenvalue weighted by Gasteiger charge is -2.16. The number of hydrogen-bond donors (Lipinski definition) is 2. The Labute approximate surface area is 129 Å². The third-order valence-corrected chi connectivity index (χ3v) is 4.54. The number of anilines is 1. The number of fused-ring (bicyclic) bond motifs is 1. The van der Waals surface area contributed by atoms with Crippen molar-refractivity contribution in [3.63, 3.8) is 0 Å². The van der Waals surface area contributed by atoms with Gasteiger partial charge in [0, 0.05) is 17.6 Å². The smallest absolute Gasteiger partial charge is 0.263 e. The van der Waals surface area contributed by atoms with E-state index in [4.69, 9.17) is 5.73 Å². The predicted octanol–water partition coefficient (Wildman–Crippen LogP) is 2.26. The van der Waals surface area contributed by atoms with Gasteiger partial charge < -0.3 is 16.0 Å². The highest BCUT2D eigenvalue weighted by Crippen LogP contribution is 2.34. The maximum atomic E-state index is 12.4. The Morgan fingerprint density at radius 2 is 2.24 bits per heavy atom. The van der Waals surface area contributed by atoms with E-state index in [1.54, 1.807) is 6.20 Å². The number of aromatic nitrogens is 1. The number of nitrogen functional groups attached to an aromatic ring is 1. The topological polar surface area (TPSA) is 71.2 Å². The summed E-state index contributed by atoms with van der Waals surface area (Å²) in [5, 5.41) is 3.91. The van der Waals surface area contributed by atoms with Crippen molar-refractivity contribution in [2.45, 2.75) is 26.3 Å². The Bertz CT molecular complexity index is 650. The summed E-state index contributed by atoms with van der Waals surface area (Å²) in [6, 6.07) is 2.02. The lowest BCUT2D eigenvalue weighted by molar-refractivity contribution is 0.0942. The van der Waals surface area contributed by atoms with Crippen LogP contribution in [0.4, 0.5) is 5.69 Å². The second-order valence-electron chi connectivity index (χ2n) is 5.62. The van der Waals surface area contributed by atoms with Gasteiger partial charge in [0.25, 0.3) is 5.91 Å². The number of nitrogens with zero attached hydrogens (tertiary/aromatic N) is 2. The van der Waals surface area contributed by atoms with Gasteiger partial charge in [-0.15, -0.1) is 11.3 Å². The fourth-order valence-corrected chi connectivity index (χ4v) is 3.23. The molecule has 0 saturated heterocycles. The van der Waals surface area contributed by atoms with Crippen LogP contribution < -0.4 is 11.1 Å². The normalized spacial score (nSPS) is 12.8. The number of rotatable bonds is 5. The number of aryl methyl sites for hydroxylation is 1. The molecule has 0 spiro atoms. The van der Waals surface area contributed by atoms with Crippen LogP contribution in [0, 0.1) is 6.92 Å². The van der Waals surface area contributed by atoms with Crippen LogP contribution in [0.25, 0.3) is 10.2 Å². The maximum absolute atomic E-state index is 12.4. The highest BCUT2D eigenvalue weighted by atomic mass is 32.1. The summed E-state index contributed by atoms with van der Waals surface area (Å²) in [7, 11) is 4.04. The summed E-state index contributed by atoms with van der Waals surface area (Å²) >= 11 is 1.35. The van der Waals surface area contributed by atoms with Gasteiger partial charge >= 0.3 is 0 Å². The van der Waals surface area contributed by atoms with Crippen LogP contribution in [0.5, 0.6) is 0 Å². The van der Waals surface area contributed by atoms with Gasteiger partial charge in [-0.25, -0.2) is 4.98 Å². The molecule has 1 unspecified atom stereocenters. The maximum Gasteiger partial charge on any atom is 0.263 e. The van der Waals surface area contributed by atoms with Gasteiger partial charge in [0.1, 0.15) is 9.71 Å². The second-order valence-corrected chi connectivity index (χ2v) is 6.62. The van der Waals surface area contributed by atoms with Crippen molar-refractivity contribution in [2.24, 2.45) is 0 Å². The van der Waals surface area contributed by atoms with E-state index in [2.05, 4.69) is 15.2 Å². The third kappa shape index (κ3) is 3.51. The summed E-state index contributed by atoms with van der Waals surface area (Å²) in [6.07, 6.45) is 2.65. The zero-order valence-electron chi connectivity index (χ0n) is 12.9. The van der Waals surface area contributed by atoms with E-state index < -0.39 is 0 Å². The Morgan fingerprint density at radius 1 is 1.52 bits per heavy atom. The van der Waals surface area contributed by atoms with Gasteiger partial charge in [-0.2, -0.15) is 0 Å². The first kappa shape index (κ1) is 15.7. The van der Waals surface area contributed by atoms with Crippen molar-refractivity contribution >= 4 is 33.1 Å². The molecule has 2 aromatic rings. The Kier molecular flexibility index (Phi) is 4.80. The molecule has 2 heterocycles. The predicted molar refractivity (Wildman–Crippen MR) is 88.9 cm³/mol. The number of pyridine rings is 1. The van der Waals surface area contributed by atoms with Gasteiger partial charge in [-0.3, -0.25) is 4.79 Å². The van der Waals surface area contributed by atoms with Crippen molar-refractivity contribution in [3.8, 4) is 0 Å². The van der Waals surface area contributed by atoms with Crippen molar-refractivity contribution in [1.29, 1.82) is 0 Å². The molecule has 2 aromatic heterocycles. The lowest BCUT2D eigenvalue weighted by Crippen LogP contribution is -2.34. The third-order valence-electron chi connectivity index (χ3n) is 3.43. The number of nitrogens with two attached hydrogens (primary N) is 1. The molecule has 114 valence electrons. The van der Waals surface area contributed by atoms with Crippen LogP contribution in [-0.4, -0.2) is 42.5 Å². The number of carbonyl (C=O) groups excluding carboxylic acids is 1. The molecule has 2 rings (SSSR count). The second kappa shape index (κ2) is 6.41. The number of hydrogen-bond acceptors (Lipinski definition) is 5. The number of nitrogens with one attached hydrogen (secondary N) is 1. The van der Waals surface area contributed by atoms with E-state index in [0.29, 0.717) is 10.6 Å². The molecule has 1 amide bonds. The minimum absolute atomic E-state index is 0.110. The fraction of sp³-hybridized carbons (Fsp3) is 0.467. The SMILES string of the molecule is Cc1ccnc2sc(C(=O)NC(C)CCN(C)C)c(N)c12. The van der Waals surface area contributed by atoms with E-state index in [0.717, 1.165) is 28.7 Å². The fourth-order valence-electron chi connectivity index (χ4n) is 2.19. The van der Waals surface area contributed by atoms with Crippen LogP contribution in [0.1, 0.15) is 28.6 Å². The molecule has 3 N–H and O–H groups in total. The number of carbonyl (C=O) groups is 1. The van der Waals surface area contributed by atoms with Gasteiger partial charge in [0.05, 0.1) is 5.69 Å². The van der Waals surface area contributed by atoms with Gasteiger partial charge in [0.15, 0.2) is 0 Å². The first-order chi connectivity index (χ1) is 9.90. The molecule has 0 aromatic carbocycles. The average molecular weight is 306 g/mol. The molecular weight excluding hydrogens is 284 g/mol. The van der Waals surface area contributed by atoms with Crippen molar-refractivity contribution < 1.29 is 4.79 Å². The van der Waals surface area contributed by atoms with Crippen molar-refractivity contribution in [3.05, 3.63) is 22.7 Å². The summed E-state index contributed by atoms with van der Waals surface area (Å²) in [5.74, 6) is -0.110. The summed E-state index contributed by atoms with van der Waals surface area (Å²) in [5.41, 5.74) is 7.73. The Hall–Kier alpha value is -1.66.